The zero-order valence-electron chi connectivity index (χ0n) is 15.1. The molecule has 0 saturated carbocycles. The molecule has 3 N–H and O–H groups in total. The van der Waals surface area contributed by atoms with Crippen LogP contribution in [0.15, 0.2) is 65.8 Å². The van der Waals surface area contributed by atoms with Gasteiger partial charge in [0.15, 0.2) is 11.5 Å². The van der Waals surface area contributed by atoms with Gasteiger partial charge in [-0.3, -0.25) is 4.79 Å². The quantitative estimate of drug-likeness (QED) is 0.462. The van der Waals surface area contributed by atoms with Gasteiger partial charge in [0, 0.05) is 11.3 Å². The standard InChI is InChI=1S/C21H21N3O3/c1-14(23-18-11-10-15-6-3-4-7-16(15)12-18)21(26)24-22-13-17-8-5-9-19(27-2)20(17)25/h3-14,23,25H,1-2H3,(H,24,26)/b22-13+. The number of para-hydroxylation sites is 1. The van der Waals surface area contributed by atoms with Crippen molar-refractivity contribution in [3.63, 3.8) is 0 Å². The molecule has 0 heterocycles. The van der Waals surface area contributed by atoms with E-state index in [-0.39, 0.29) is 11.7 Å². The maximum Gasteiger partial charge on any atom is 0.262 e. The van der Waals surface area contributed by atoms with Crippen LogP contribution < -0.4 is 15.5 Å². The van der Waals surface area contributed by atoms with Gasteiger partial charge >= 0.3 is 0 Å². The molecular weight excluding hydrogens is 342 g/mol. The number of amides is 1. The Bertz CT molecular complexity index is 985. The van der Waals surface area contributed by atoms with E-state index in [1.165, 1.54) is 13.3 Å². The average molecular weight is 363 g/mol. The fourth-order valence-electron chi connectivity index (χ4n) is 2.67. The van der Waals surface area contributed by atoms with Crippen molar-refractivity contribution in [1.82, 2.24) is 5.43 Å². The summed E-state index contributed by atoms with van der Waals surface area (Å²) in [7, 11) is 1.47. The second-order valence-corrected chi connectivity index (χ2v) is 6.06. The normalized spacial score (nSPS) is 12.1. The lowest BCUT2D eigenvalue weighted by Gasteiger charge is -2.14. The van der Waals surface area contributed by atoms with Gasteiger partial charge in [-0.05, 0) is 42.0 Å². The molecule has 1 atom stereocenters. The minimum absolute atomic E-state index is 0.0275. The minimum atomic E-state index is -0.484. The lowest BCUT2D eigenvalue weighted by atomic mass is 10.1. The molecule has 0 spiro atoms. The Labute approximate surface area is 157 Å². The van der Waals surface area contributed by atoms with Crippen molar-refractivity contribution in [3.8, 4) is 11.5 Å². The maximum atomic E-state index is 12.2. The van der Waals surface area contributed by atoms with Crippen LogP contribution in [0.25, 0.3) is 10.8 Å². The van der Waals surface area contributed by atoms with Crippen LogP contribution in [-0.4, -0.2) is 30.4 Å². The monoisotopic (exact) mass is 363 g/mol. The van der Waals surface area contributed by atoms with E-state index in [0.717, 1.165) is 16.5 Å². The summed E-state index contributed by atoms with van der Waals surface area (Å²) >= 11 is 0. The van der Waals surface area contributed by atoms with E-state index in [9.17, 15) is 9.90 Å². The first-order valence-electron chi connectivity index (χ1n) is 8.52. The van der Waals surface area contributed by atoms with E-state index in [0.29, 0.717) is 11.3 Å². The molecule has 27 heavy (non-hydrogen) atoms. The van der Waals surface area contributed by atoms with Gasteiger partial charge in [0.1, 0.15) is 6.04 Å². The molecule has 0 aliphatic heterocycles. The number of hydrogen-bond acceptors (Lipinski definition) is 5. The summed E-state index contributed by atoms with van der Waals surface area (Å²) in [6.07, 6.45) is 1.37. The van der Waals surface area contributed by atoms with Crippen molar-refractivity contribution in [2.75, 3.05) is 12.4 Å². The fourth-order valence-corrected chi connectivity index (χ4v) is 2.67. The third-order valence-corrected chi connectivity index (χ3v) is 4.15. The van der Waals surface area contributed by atoms with Crippen LogP contribution in [-0.2, 0) is 4.79 Å². The summed E-state index contributed by atoms with van der Waals surface area (Å²) in [4.78, 5) is 12.2. The van der Waals surface area contributed by atoms with Gasteiger partial charge < -0.3 is 15.2 Å². The highest BCUT2D eigenvalue weighted by Crippen LogP contribution is 2.27. The number of ether oxygens (including phenoxy) is 1. The third-order valence-electron chi connectivity index (χ3n) is 4.15. The zero-order valence-corrected chi connectivity index (χ0v) is 15.1. The SMILES string of the molecule is COc1cccc(/C=N/NC(=O)C(C)Nc2ccc3ccccc3c2)c1O. The molecule has 6 heteroatoms. The summed E-state index contributed by atoms with van der Waals surface area (Å²) in [6, 6.07) is 18.5. The van der Waals surface area contributed by atoms with Crippen LogP contribution >= 0.6 is 0 Å². The van der Waals surface area contributed by atoms with Crippen LogP contribution in [0.1, 0.15) is 12.5 Å². The van der Waals surface area contributed by atoms with Crippen LogP contribution in [0.3, 0.4) is 0 Å². The van der Waals surface area contributed by atoms with Crippen LogP contribution in [0.2, 0.25) is 0 Å². The summed E-state index contributed by atoms with van der Waals surface area (Å²) in [5.41, 5.74) is 3.77. The smallest absolute Gasteiger partial charge is 0.262 e. The Morgan fingerprint density at radius 1 is 1.11 bits per heavy atom. The van der Waals surface area contributed by atoms with Crippen LogP contribution in [0.4, 0.5) is 5.69 Å². The third kappa shape index (κ3) is 4.36. The molecule has 0 aromatic heterocycles. The number of methoxy groups -OCH3 is 1. The van der Waals surface area contributed by atoms with Gasteiger partial charge in [-0.15, -0.1) is 0 Å². The van der Waals surface area contributed by atoms with Crippen molar-refractivity contribution in [1.29, 1.82) is 0 Å². The predicted octanol–water partition coefficient (Wildman–Crippen LogP) is 3.50. The lowest BCUT2D eigenvalue weighted by Crippen LogP contribution is -2.34. The van der Waals surface area contributed by atoms with Gasteiger partial charge in [-0.25, -0.2) is 5.43 Å². The number of carbonyl (C=O) groups is 1. The number of nitrogens with one attached hydrogen (secondary N) is 2. The Hall–Kier alpha value is -3.54. The highest BCUT2D eigenvalue weighted by molar-refractivity contribution is 5.89. The largest absolute Gasteiger partial charge is 0.504 e. The summed E-state index contributed by atoms with van der Waals surface area (Å²) < 4.78 is 5.04. The van der Waals surface area contributed by atoms with Crippen molar-refractivity contribution in [2.24, 2.45) is 5.10 Å². The summed E-state index contributed by atoms with van der Waals surface area (Å²) in [5, 5.41) is 19.3. The number of aromatic hydroxyl groups is 1. The molecule has 3 rings (SSSR count). The van der Waals surface area contributed by atoms with Gasteiger partial charge in [0.25, 0.3) is 5.91 Å². The number of phenols is 1. The second-order valence-electron chi connectivity index (χ2n) is 6.06. The Morgan fingerprint density at radius 2 is 1.89 bits per heavy atom. The van der Waals surface area contributed by atoms with Crippen molar-refractivity contribution in [3.05, 3.63) is 66.2 Å². The second kappa shape index (κ2) is 8.23. The molecule has 0 bridgehead atoms. The molecule has 0 aliphatic carbocycles. The van der Waals surface area contributed by atoms with Gasteiger partial charge in [0.05, 0.1) is 13.3 Å². The number of benzene rings is 3. The summed E-state index contributed by atoms with van der Waals surface area (Å²) in [6.45, 7) is 1.75. The molecule has 1 unspecified atom stereocenters. The van der Waals surface area contributed by atoms with E-state index in [2.05, 4.69) is 15.8 Å². The highest BCUT2D eigenvalue weighted by atomic mass is 16.5. The number of carbonyl (C=O) groups excluding carboxylic acids is 1. The topological polar surface area (TPSA) is 83.0 Å². The lowest BCUT2D eigenvalue weighted by molar-refractivity contribution is -0.121. The number of hydrazone groups is 1. The van der Waals surface area contributed by atoms with Gasteiger partial charge in [-0.1, -0.05) is 36.4 Å². The van der Waals surface area contributed by atoms with E-state index in [1.807, 2.05) is 42.5 Å². The molecular formula is C21H21N3O3. The summed E-state index contributed by atoms with van der Waals surface area (Å²) in [5.74, 6) is 0.0266. The van der Waals surface area contributed by atoms with E-state index in [1.54, 1.807) is 25.1 Å². The highest BCUT2D eigenvalue weighted by Gasteiger charge is 2.12. The first kappa shape index (κ1) is 18.3. The van der Waals surface area contributed by atoms with Crippen LogP contribution in [0.5, 0.6) is 11.5 Å². The Morgan fingerprint density at radius 3 is 2.67 bits per heavy atom. The number of fused-ring (bicyclic) bond motifs is 1. The number of rotatable bonds is 6. The molecule has 6 nitrogen and oxygen atoms in total. The van der Waals surface area contributed by atoms with E-state index < -0.39 is 6.04 Å². The number of anilines is 1. The Balaban J connectivity index is 1.62. The Kier molecular flexibility index (Phi) is 5.56. The molecule has 3 aromatic rings. The zero-order chi connectivity index (χ0) is 19.2. The first-order valence-corrected chi connectivity index (χ1v) is 8.52. The minimum Gasteiger partial charge on any atom is -0.504 e. The molecule has 0 fully saturated rings. The van der Waals surface area contributed by atoms with Gasteiger partial charge in [0.2, 0.25) is 0 Å². The first-order chi connectivity index (χ1) is 13.1. The average Bonchev–Trinajstić information content (AvgIpc) is 2.69. The van der Waals surface area contributed by atoms with Gasteiger partial charge in [-0.2, -0.15) is 5.10 Å². The van der Waals surface area contributed by atoms with E-state index >= 15 is 0 Å². The number of hydrogen-bond donors (Lipinski definition) is 3. The van der Waals surface area contributed by atoms with E-state index in [4.69, 9.17) is 4.74 Å². The number of nitrogens with zero attached hydrogens (tertiary/aromatic N) is 1. The molecule has 1 amide bonds. The molecule has 3 aromatic carbocycles. The van der Waals surface area contributed by atoms with Crippen LogP contribution in [0, 0.1) is 0 Å². The van der Waals surface area contributed by atoms with Crippen molar-refractivity contribution < 1.29 is 14.6 Å². The molecule has 0 radical (unpaired) electrons. The maximum absolute atomic E-state index is 12.2. The molecule has 138 valence electrons. The number of phenolic OH excluding ortho intramolecular Hbond substituents is 1. The predicted molar refractivity (Wildman–Crippen MR) is 107 cm³/mol. The fraction of sp³-hybridized carbons (Fsp3) is 0.143. The van der Waals surface area contributed by atoms with Crippen molar-refractivity contribution in [2.45, 2.75) is 13.0 Å². The van der Waals surface area contributed by atoms with Crippen molar-refractivity contribution >= 4 is 28.6 Å². The molecule has 0 saturated heterocycles. The molecule has 0 aliphatic rings.